The highest BCUT2D eigenvalue weighted by atomic mass is 32.1. The molecular formula is C9H17N5S. The molecule has 15 heavy (non-hydrogen) atoms. The Morgan fingerprint density at radius 3 is 3.07 bits per heavy atom. The smallest absolute Gasteiger partial charge is 0.166 e. The normalized spacial score (nSPS) is 9.93. The molecule has 0 saturated heterocycles. The number of aromatic amines is 1. The van der Waals surface area contributed by atoms with Crippen molar-refractivity contribution in [1.82, 2.24) is 26.1 Å². The Morgan fingerprint density at radius 2 is 2.40 bits per heavy atom. The first kappa shape index (κ1) is 11.9. The minimum Gasteiger partial charge on any atom is -0.366 e. The molecule has 0 fully saturated rings. The Kier molecular flexibility index (Phi) is 5.72. The number of aromatic nitrogens is 2. The summed E-state index contributed by atoms with van der Waals surface area (Å²) in [5, 5.41) is 16.7. The van der Waals surface area contributed by atoms with Gasteiger partial charge >= 0.3 is 0 Å². The molecule has 1 rings (SSSR count). The van der Waals surface area contributed by atoms with Crippen molar-refractivity contribution >= 4 is 17.3 Å². The highest BCUT2D eigenvalue weighted by Crippen LogP contribution is 1.89. The Hall–Kier alpha value is -1.14. The van der Waals surface area contributed by atoms with Crippen LogP contribution in [0.15, 0.2) is 12.3 Å². The van der Waals surface area contributed by atoms with Crippen LogP contribution in [0, 0.1) is 0 Å². The maximum atomic E-state index is 4.94. The number of nitrogens with one attached hydrogen (secondary N) is 4. The summed E-state index contributed by atoms with van der Waals surface area (Å²) >= 11 is 4.94. The Bertz CT molecular complexity index is 272. The third-order valence-electron chi connectivity index (χ3n) is 1.92. The summed E-state index contributed by atoms with van der Waals surface area (Å²) in [4.78, 5) is 0. The van der Waals surface area contributed by atoms with Crippen molar-refractivity contribution in [3.63, 3.8) is 0 Å². The van der Waals surface area contributed by atoms with Gasteiger partial charge in [-0.1, -0.05) is 0 Å². The van der Waals surface area contributed by atoms with E-state index in [-0.39, 0.29) is 0 Å². The predicted octanol–water partition coefficient (Wildman–Crippen LogP) is -0.0167. The number of nitrogens with zero attached hydrogens (tertiary/aromatic N) is 1. The molecule has 0 bridgehead atoms. The molecule has 1 aromatic heterocycles. The first-order valence-corrected chi connectivity index (χ1v) is 5.38. The van der Waals surface area contributed by atoms with E-state index < -0.39 is 0 Å². The quantitative estimate of drug-likeness (QED) is 0.406. The fourth-order valence-electron chi connectivity index (χ4n) is 1.11. The number of hydrogen-bond acceptors (Lipinski definition) is 3. The van der Waals surface area contributed by atoms with Crippen LogP contribution >= 0.6 is 12.2 Å². The molecule has 1 aromatic rings. The molecule has 6 heteroatoms. The second kappa shape index (κ2) is 7.19. The topological polar surface area (TPSA) is 64.8 Å². The zero-order valence-electron chi connectivity index (χ0n) is 8.84. The summed E-state index contributed by atoms with van der Waals surface area (Å²) < 4.78 is 0. The molecule has 0 radical (unpaired) electrons. The summed E-state index contributed by atoms with van der Waals surface area (Å²) in [5.74, 6) is 0. The molecule has 1 heterocycles. The van der Waals surface area contributed by atoms with Crippen LogP contribution in [0.1, 0.15) is 12.1 Å². The number of rotatable bonds is 6. The Morgan fingerprint density at radius 1 is 1.53 bits per heavy atom. The van der Waals surface area contributed by atoms with E-state index in [9.17, 15) is 0 Å². The molecule has 84 valence electrons. The second-order valence-electron chi connectivity index (χ2n) is 3.12. The van der Waals surface area contributed by atoms with Gasteiger partial charge in [-0.25, -0.2) is 0 Å². The molecule has 0 saturated carbocycles. The summed E-state index contributed by atoms with van der Waals surface area (Å²) in [5.41, 5.74) is 1.11. The number of H-pyrrole nitrogens is 1. The van der Waals surface area contributed by atoms with Crippen molar-refractivity contribution in [3.8, 4) is 0 Å². The van der Waals surface area contributed by atoms with E-state index in [1.165, 1.54) is 0 Å². The van der Waals surface area contributed by atoms with Gasteiger partial charge in [0.15, 0.2) is 5.11 Å². The largest absolute Gasteiger partial charge is 0.366 e. The van der Waals surface area contributed by atoms with Crippen LogP contribution < -0.4 is 16.0 Å². The molecule has 5 nitrogen and oxygen atoms in total. The Balaban J connectivity index is 1.91. The molecule has 0 unspecified atom stereocenters. The lowest BCUT2D eigenvalue weighted by Gasteiger charge is -2.07. The number of thiocarbonyl (C=S) groups is 1. The van der Waals surface area contributed by atoms with E-state index in [1.54, 1.807) is 6.20 Å². The van der Waals surface area contributed by atoms with Crippen molar-refractivity contribution in [2.24, 2.45) is 0 Å². The van der Waals surface area contributed by atoms with E-state index in [0.717, 1.165) is 31.7 Å². The standard InChI is InChI=1S/C9H17N5S/c1-10-9(15)12-5-2-4-11-7-8-3-6-13-14-8/h3,6,11H,2,4-5,7H2,1H3,(H,13,14)(H2,10,12,15). The van der Waals surface area contributed by atoms with Gasteiger partial charge < -0.3 is 16.0 Å². The first-order chi connectivity index (χ1) is 7.33. The molecule has 0 spiro atoms. The summed E-state index contributed by atoms with van der Waals surface area (Å²) in [6.07, 6.45) is 2.79. The lowest BCUT2D eigenvalue weighted by Crippen LogP contribution is -2.34. The van der Waals surface area contributed by atoms with Crippen molar-refractivity contribution in [2.75, 3.05) is 20.1 Å². The zero-order chi connectivity index (χ0) is 10.9. The van der Waals surface area contributed by atoms with Crippen molar-refractivity contribution in [1.29, 1.82) is 0 Å². The third-order valence-corrected chi connectivity index (χ3v) is 2.27. The van der Waals surface area contributed by atoms with Gasteiger partial charge in [0.25, 0.3) is 0 Å². The molecule has 4 N–H and O–H groups in total. The van der Waals surface area contributed by atoms with Crippen LogP contribution in [0.5, 0.6) is 0 Å². The zero-order valence-corrected chi connectivity index (χ0v) is 9.66. The summed E-state index contributed by atoms with van der Waals surface area (Å²) in [6, 6.07) is 1.96. The van der Waals surface area contributed by atoms with Gasteiger partial charge in [0, 0.05) is 32.0 Å². The van der Waals surface area contributed by atoms with E-state index >= 15 is 0 Å². The van der Waals surface area contributed by atoms with Crippen molar-refractivity contribution < 1.29 is 0 Å². The van der Waals surface area contributed by atoms with Gasteiger partial charge in [-0.2, -0.15) is 5.10 Å². The van der Waals surface area contributed by atoms with Crippen LogP contribution in [0.25, 0.3) is 0 Å². The van der Waals surface area contributed by atoms with Crippen LogP contribution in [0.4, 0.5) is 0 Å². The van der Waals surface area contributed by atoms with Gasteiger partial charge in [-0.3, -0.25) is 5.10 Å². The first-order valence-electron chi connectivity index (χ1n) is 4.97. The molecule has 0 atom stereocenters. The Labute approximate surface area is 95.0 Å². The van der Waals surface area contributed by atoms with E-state index in [2.05, 4.69) is 26.1 Å². The van der Waals surface area contributed by atoms with E-state index in [1.807, 2.05) is 13.1 Å². The van der Waals surface area contributed by atoms with Crippen LogP contribution in [-0.2, 0) is 6.54 Å². The van der Waals surface area contributed by atoms with Crippen LogP contribution in [0.2, 0.25) is 0 Å². The highest BCUT2D eigenvalue weighted by Gasteiger charge is 1.93. The molecule has 0 amide bonds. The van der Waals surface area contributed by atoms with Crippen molar-refractivity contribution in [3.05, 3.63) is 18.0 Å². The summed E-state index contributed by atoms with van der Waals surface area (Å²) in [6.45, 7) is 2.67. The molecular weight excluding hydrogens is 210 g/mol. The highest BCUT2D eigenvalue weighted by molar-refractivity contribution is 7.80. The fraction of sp³-hybridized carbons (Fsp3) is 0.556. The lowest BCUT2D eigenvalue weighted by atomic mass is 10.4. The summed E-state index contributed by atoms with van der Waals surface area (Å²) in [7, 11) is 1.81. The lowest BCUT2D eigenvalue weighted by molar-refractivity contribution is 0.630. The van der Waals surface area contributed by atoms with Gasteiger partial charge in [0.1, 0.15) is 0 Å². The maximum absolute atomic E-state index is 4.94. The minimum atomic E-state index is 0.698. The molecule has 0 aliphatic heterocycles. The third kappa shape index (κ3) is 5.34. The van der Waals surface area contributed by atoms with Gasteiger partial charge in [-0.05, 0) is 31.2 Å². The van der Waals surface area contributed by atoms with Gasteiger partial charge in [-0.15, -0.1) is 0 Å². The van der Waals surface area contributed by atoms with Gasteiger partial charge in [0.2, 0.25) is 0 Å². The predicted molar refractivity (Wildman–Crippen MR) is 64.6 cm³/mol. The average molecular weight is 227 g/mol. The van der Waals surface area contributed by atoms with Crippen LogP contribution in [-0.4, -0.2) is 35.4 Å². The monoisotopic (exact) mass is 227 g/mol. The maximum Gasteiger partial charge on any atom is 0.166 e. The minimum absolute atomic E-state index is 0.698. The van der Waals surface area contributed by atoms with Crippen LogP contribution in [0.3, 0.4) is 0 Å². The van der Waals surface area contributed by atoms with Gasteiger partial charge in [0.05, 0.1) is 0 Å². The fourth-order valence-corrected chi connectivity index (χ4v) is 1.21. The molecule has 0 aliphatic rings. The van der Waals surface area contributed by atoms with Crippen molar-refractivity contribution in [2.45, 2.75) is 13.0 Å². The number of hydrogen-bond donors (Lipinski definition) is 4. The van der Waals surface area contributed by atoms with E-state index in [0.29, 0.717) is 5.11 Å². The second-order valence-corrected chi connectivity index (χ2v) is 3.53. The molecule has 0 aromatic carbocycles. The SMILES string of the molecule is CNC(=S)NCCCNCc1ccn[nH]1. The van der Waals surface area contributed by atoms with E-state index in [4.69, 9.17) is 12.2 Å². The molecule has 0 aliphatic carbocycles. The average Bonchev–Trinajstić information content (AvgIpc) is 2.75.